The van der Waals surface area contributed by atoms with Crippen LogP contribution >= 0.6 is 27.3 Å². The molecule has 1 unspecified atom stereocenters. The molecule has 0 saturated heterocycles. The fourth-order valence-corrected chi connectivity index (χ4v) is 3.56. The monoisotopic (exact) mass is 353 g/mol. The summed E-state index contributed by atoms with van der Waals surface area (Å²) in [4.78, 5) is 8.11. The second-order valence-corrected chi connectivity index (χ2v) is 6.72. The Morgan fingerprint density at radius 1 is 1.45 bits per heavy atom. The minimum atomic E-state index is 0.299. The fourth-order valence-electron chi connectivity index (χ4n) is 2.05. The van der Waals surface area contributed by atoms with Gasteiger partial charge in [0.05, 0.1) is 24.1 Å². The van der Waals surface area contributed by atoms with Gasteiger partial charge in [-0.2, -0.15) is 0 Å². The summed E-state index contributed by atoms with van der Waals surface area (Å²) >= 11 is 5.26. The Bertz CT molecular complexity index is 538. The van der Waals surface area contributed by atoms with Crippen LogP contribution in [0.4, 0.5) is 5.69 Å². The molecule has 0 saturated carbocycles. The zero-order chi connectivity index (χ0) is 14.5. The molecule has 0 radical (unpaired) electrons. The van der Waals surface area contributed by atoms with Crippen molar-refractivity contribution in [3.05, 3.63) is 44.8 Å². The van der Waals surface area contributed by atoms with Crippen LogP contribution in [0.25, 0.3) is 0 Å². The molecular weight excluding hydrogens is 334 g/mol. The van der Waals surface area contributed by atoms with Gasteiger partial charge in [0.1, 0.15) is 0 Å². The average Bonchev–Trinajstić information content (AvgIpc) is 2.84. The van der Waals surface area contributed by atoms with Crippen molar-refractivity contribution in [2.45, 2.75) is 26.4 Å². The Kier molecular flexibility index (Phi) is 5.57. The molecule has 2 rings (SSSR count). The van der Waals surface area contributed by atoms with E-state index in [-0.39, 0.29) is 0 Å². The number of anilines is 1. The Morgan fingerprint density at radius 2 is 2.25 bits per heavy atom. The van der Waals surface area contributed by atoms with Crippen molar-refractivity contribution in [2.75, 3.05) is 18.5 Å². The van der Waals surface area contributed by atoms with E-state index in [4.69, 9.17) is 0 Å². The summed E-state index contributed by atoms with van der Waals surface area (Å²) in [6.45, 7) is 6.11. The van der Waals surface area contributed by atoms with E-state index in [0.717, 1.165) is 28.9 Å². The highest BCUT2D eigenvalue weighted by atomic mass is 79.9. The van der Waals surface area contributed by atoms with Crippen molar-refractivity contribution in [3.63, 3.8) is 0 Å². The number of nitrogens with one attached hydrogen (secondary N) is 1. The maximum absolute atomic E-state index is 4.56. The number of pyridine rings is 1. The van der Waals surface area contributed by atoms with Crippen molar-refractivity contribution >= 4 is 33.0 Å². The van der Waals surface area contributed by atoms with E-state index in [1.165, 1.54) is 4.88 Å². The predicted molar refractivity (Wildman–Crippen MR) is 90.5 cm³/mol. The zero-order valence-electron chi connectivity index (χ0n) is 12.1. The summed E-state index contributed by atoms with van der Waals surface area (Å²) in [5, 5.41) is 5.49. The van der Waals surface area contributed by atoms with Gasteiger partial charge in [-0.25, -0.2) is 0 Å². The van der Waals surface area contributed by atoms with E-state index in [2.05, 4.69) is 75.6 Å². The molecule has 3 nitrogen and oxygen atoms in total. The number of nitrogens with zero attached hydrogens (tertiary/aromatic N) is 2. The molecule has 0 aromatic carbocycles. The molecule has 2 aromatic rings. The SMILES string of the molecule is CCNC(C)c1ccc(N(C)Cc2cc(Br)cs2)cn1. The molecule has 108 valence electrons. The molecule has 0 bridgehead atoms. The van der Waals surface area contributed by atoms with E-state index in [1.54, 1.807) is 11.3 Å². The molecule has 0 fully saturated rings. The average molecular weight is 354 g/mol. The molecule has 5 heteroatoms. The quantitative estimate of drug-likeness (QED) is 0.842. The van der Waals surface area contributed by atoms with Crippen LogP contribution in [0, 0.1) is 0 Å². The highest BCUT2D eigenvalue weighted by Crippen LogP contribution is 2.23. The largest absolute Gasteiger partial charge is 0.368 e. The van der Waals surface area contributed by atoms with Gasteiger partial charge in [0.2, 0.25) is 0 Å². The van der Waals surface area contributed by atoms with Crippen LogP contribution in [-0.2, 0) is 6.54 Å². The van der Waals surface area contributed by atoms with Crippen molar-refractivity contribution in [3.8, 4) is 0 Å². The van der Waals surface area contributed by atoms with Crippen molar-refractivity contribution in [2.24, 2.45) is 0 Å². The molecule has 0 aliphatic rings. The lowest BCUT2D eigenvalue weighted by atomic mass is 10.2. The molecule has 2 aromatic heterocycles. The molecule has 1 N–H and O–H groups in total. The van der Waals surface area contributed by atoms with Crippen LogP contribution < -0.4 is 10.2 Å². The van der Waals surface area contributed by atoms with Crippen molar-refractivity contribution in [1.82, 2.24) is 10.3 Å². The van der Waals surface area contributed by atoms with Crippen LogP contribution in [0.1, 0.15) is 30.5 Å². The Morgan fingerprint density at radius 3 is 2.80 bits per heavy atom. The van der Waals surface area contributed by atoms with Gasteiger partial charge in [0.15, 0.2) is 0 Å². The standard InChI is InChI=1S/C15H20BrN3S/c1-4-17-11(2)15-6-5-13(8-18-15)19(3)9-14-7-12(16)10-20-14/h5-8,10-11,17H,4,9H2,1-3H3. The lowest BCUT2D eigenvalue weighted by Gasteiger charge is -2.19. The maximum atomic E-state index is 4.56. The van der Waals surface area contributed by atoms with Crippen molar-refractivity contribution in [1.29, 1.82) is 0 Å². The predicted octanol–water partition coefficient (Wildman–Crippen LogP) is 4.21. The van der Waals surface area contributed by atoms with E-state index < -0.39 is 0 Å². The van der Waals surface area contributed by atoms with E-state index in [1.807, 2.05) is 6.20 Å². The lowest BCUT2D eigenvalue weighted by Crippen LogP contribution is -2.19. The van der Waals surface area contributed by atoms with Gasteiger partial charge in [0, 0.05) is 27.8 Å². The summed E-state index contributed by atoms with van der Waals surface area (Å²) in [6.07, 6.45) is 1.95. The molecular formula is C15H20BrN3S. The van der Waals surface area contributed by atoms with Crippen LogP contribution in [0.15, 0.2) is 34.2 Å². The van der Waals surface area contributed by atoms with Gasteiger partial charge in [-0.1, -0.05) is 6.92 Å². The zero-order valence-corrected chi connectivity index (χ0v) is 14.5. The molecule has 20 heavy (non-hydrogen) atoms. The van der Waals surface area contributed by atoms with E-state index in [9.17, 15) is 0 Å². The second-order valence-electron chi connectivity index (χ2n) is 4.81. The van der Waals surface area contributed by atoms with Gasteiger partial charge >= 0.3 is 0 Å². The van der Waals surface area contributed by atoms with E-state index >= 15 is 0 Å². The lowest BCUT2D eigenvalue weighted by molar-refractivity contribution is 0.583. The first-order chi connectivity index (χ1) is 9.60. The number of hydrogen-bond donors (Lipinski definition) is 1. The number of aromatic nitrogens is 1. The van der Waals surface area contributed by atoms with Crippen LogP contribution in [0.2, 0.25) is 0 Å². The summed E-state index contributed by atoms with van der Waals surface area (Å²) < 4.78 is 1.15. The number of hydrogen-bond acceptors (Lipinski definition) is 4. The van der Waals surface area contributed by atoms with Gasteiger partial charge in [-0.05, 0) is 47.6 Å². The molecule has 0 amide bonds. The minimum Gasteiger partial charge on any atom is -0.368 e. The molecule has 0 aliphatic heterocycles. The third kappa shape index (κ3) is 4.04. The van der Waals surface area contributed by atoms with Gasteiger partial charge in [-0.15, -0.1) is 11.3 Å². The highest BCUT2D eigenvalue weighted by Gasteiger charge is 2.08. The summed E-state index contributed by atoms with van der Waals surface area (Å²) in [5.74, 6) is 0. The number of halogens is 1. The summed E-state index contributed by atoms with van der Waals surface area (Å²) in [7, 11) is 2.10. The molecule has 1 atom stereocenters. The van der Waals surface area contributed by atoms with Gasteiger partial charge < -0.3 is 10.2 Å². The maximum Gasteiger partial charge on any atom is 0.0572 e. The minimum absolute atomic E-state index is 0.299. The molecule has 0 aliphatic carbocycles. The second kappa shape index (κ2) is 7.20. The number of thiophene rings is 1. The van der Waals surface area contributed by atoms with Crippen molar-refractivity contribution < 1.29 is 0 Å². The summed E-state index contributed by atoms with van der Waals surface area (Å²) in [5.41, 5.74) is 2.23. The third-order valence-electron chi connectivity index (χ3n) is 3.18. The van der Waals surface area contributed by atoms with Crippen LogP contribution in [-0.4, -0.2) is 18.6 Å². The Balaban J connectivity index is 2.01. The smallest absolute Gasteiger partial charge is 0.0572 e. The Labute approximate surface area is 133 Å². The fraction of sp³-hybridized carbons (Fsp3) is 0.400. The first kappa shape index (κ1) is 15.5. The van der Waals surface area contributed by atoms with Crippen LogP contribution in [0.3, 0.4) is 0 Å². The third-order valence-corrected chi connectivity index (χ3v) is 4.86. The molecule has 0 spiro atoms. The van der Waals surface area contributed by atoms with Crippen LogP contribution in [0.5, 0.6) is 0 Å². The van der Waals surface area contributed by atoms with Gasteiger partial charge in [-0.3, -0.25) is 4.98 Å². The normalized spacial score (nSPS) is 12.4. The summed E-state index contributed by atoms with van der Waals surface area (Å²) in [6, 6.07) is 6.70. The topological polar surface area (TPSA) is 28.2 Å². The Hall–Kier alpha value is -0.910. The number of rotatable bonds is 6. The highest BCUT2D eigenvalue weighted by molar-refractivity contribution is 9.10. The first-order valence-electron chi connectivity index (χ1n) is 6.73. The van der Waals surface area contributed by atoms with E-state index in [0.29, 0.717) is 6.04 Å². The molecule has 2 heterocycles. The van der Waals surface area contributed by atoms with Gasteiger partial charge in [0.25, 0.3) is 0 Å². The first-order valence-corrected chi connectivity index (χ1v) is 8.40.